The van der Waals surface area contributed by atoms with Gasteiger partial charge in [0.1, 0.15) is 42.3 Å². The van der Waals surface area contributed by atoms with E-state index in [-0.39, 0.29) is 31.7 Å². The first-order valence-corrected chi connectivity index (χ1v) is 18.5. The molecule has 2 rings (SSSR count). The molecule has 0 unspecified atom stereocenters. The van der Waals surface area contributed by atoms with Gasteiger partial charge >= 0.3 is 17.9 Å². The van der Waals surface area contributed by atoms with Gasteiger partial charge < -0.3 is 68.1 Å². The molecular weight excluding hydrogens is 784 g/mol. The van der Waals surface area contributed by atoms with Crippen molar-refractivity contribution in [3.63, 3.8) is 0 Å². The van der Waals surface area contributed by atoms with E-state index in [2.05, 4.69) is 26.6 Å². The van der Waals surface area contributed by atoms with Gasteiger partial charge in [0.2, 0.25) is 41.4 Å². The summed E-state index contributed by atoms with van der Waals surface area (Å²) in [4.78, 5) is 127. The lowest BCUT2D eigenvalue weighted by Crippen LogP contribution is -2.59. The van der Waals surface area contributed by atoms with Gasteiger partial charge in [-0.05, 0) is 30.7 Å². The summed E-state index contributed by atoms with van der Waals surface area (Å²) in [6.45, 7) is 0.789. The lowest BCUT2D eigenvalue weighted by molar-refractivity contribution is -0.150. The van der Waals surface area contributed by atoms with Gasteiger partial charge in [-0.3, -0.25) is 43.2 Å². The van der Waals surface area contributed by atoms with Gasteiger partial charge in [-0.15, -0.1) is 0 Å². The van der Waals surface area contributed by atoms with Crippen molar-refractivity contribution in [1.29, 1.82) is 0 Å². The van der Waals surface area contributed by atoms with Crippen LogP contribution in [0.4, 0.5) is 0 Å². The van der Waals surface area contributed by atoms with E-state index in [0.29, 0.717) is 12.0 Å². The molecule has 7 atom stereocenters. The molecular formula is C36H52N8O15. The fourth-order valence-corrected chi connectivity index (χ4v) is 5.92. The van der Waals surface area contributed by atoms with Gasteiger partial charge in [0.05, 0.1) is 32.6 Å². The first kappa shape index (κ1) is 48.9. The minimum Gasteiger partial charge on any atom is -0.481 e. The van der Waals surface area contributed by atoms with E-state index in [1.54, 1.807) is 44.2 Å². The number of carbonyl (C=O) groups is 10. The summed E-state index contributed by atoms with van der Waals surface area (Å²) in [5, 5.41) is 60.6. The average Bonchev–Trinajstić information content (AvgIpc) is 3.68. The van der Waals surface area contributed by atoms with E-state index in [1.165, 1.54) is 0 Å². The number of carboxylic acid groups (broad SMARTS) is 3. The van der Waals surface area contributed by atoms with E-state index >= 15 is 0 Å². The van der Waals surface area contributed by atoms with E-state index in [0.717, 1.165) is 4.90 Å². The number of carbonyl (C=O) groups excluding carboxylic acids is 7. The van der Waals surface area contributed by atoms with E-state index < -0.39 is 134 Å². The van der Waals surface area contributed by atoms with Crippen LogP contribution in [0.3, 0.4) is 0 Å². The molecule has 0 radical (unpaired) electrons. The number of rotatable bonds is 24. The van der Waals surface area contributed by atoms with E-state index in [4.69, 9.17) is 15.9 Å². The third-order valence-electron chi connectivity index (χ3n) is 8.87. The normalized spacial score (nSPS) is 16.6. The molecule has 1 aliphatic heterocycles. The summed E-state index contributed by atoms with van der Waals surface area (Å²) in [5.41, 5.74) is 5.93. The Hall–Kier alpha value is -6.20. The van der Waals surface area contributed by atoms with Crippen LogP contribution >= 0.6 is 0 Å². The molecule has 0 bridgehead atoms. The molecule has 59 heavy (non-hydrogen) atoms. The molecule has 13 N–H and O–H groups in total. The van der Waals surface area contributed by atoms with Crippen LogP contribution in [0.5, 0.6) is 0 Å². The topological polar surface area (TPSA) is 373 Å². The number of aliphatic hydroxyl groups excluding tert-OH is 2. The van der Waals surface area contributed by atoms with Crippen LogP contribution in [0, 0.1) is 5.92 Å². The lowest BCUT2D eigenvalue weighted by atomic mass is 10.0. The summed E-state index contributed by atoms with van der Waals surface area (Å²) >= 11 is 0. The number of hydrogen-bond donors (Lipinski definition) is 12. The zero-order valence-corrected chi connectivity index (χ0v) is 32.4. The van der Waals surface area contributed by atoms with Crippen LogP contribution in [0.25, 0.3) is 0 Å². The minimum absolute atomic E-state index is 0.00278. The Bertz CT molecular complexity index is 1690. The number of amides is 7. The van der Waals surface area contributed by atoms with Gasteiger partial charge in [0.25, 0.3) is 0 Å². The smallest absolute Gasteiger partial charge is 0.326 e. The van der Waals surface area contributed by atoms with Crippen LogP contribution in [0.2, 0.25) is 0 Å². The Balaban J connectivity index is 2.21. The van der Waals surface area contributed by atoms with Crippen molar-refractivity contribution in [3.05, 3.63) is 35.9 Å². The zero-order chi connectivity index (χ0) is 44.4. The lowest BCUT2D eigenvalue weighted by Gasteiger charge is -2.29. The summed E-state index contributed by atoms with van der Waals surface area (Å²) < 4.78 is 0. The third-order valence-corrected chi connectivity index (χ3v) is 8.87. The average molecular weight is 837 g/mol. The Morgan fingerprint density at radius 1 is 0.695 bits per heavy atom. The van der Waals surface area contributed by atoms with Gasteiger partial charge in [-0.25, -0.2) is 4.79 Å². The number of hydrogen-bond acceptors (Lipinski definition) is 13. The van der Waals surface area contributed by atoms with E-state index in [9.17, 15) is 63.3 Å². The van der Waals surface area contributed by atoms with Crippen molar-refractivity contribution in [2.75, 3.05) is 26.3 Å². The largest absolute Gasteiger partial charge is 0.481 e. The van der Waals surface area contributed by atoms with Gasteiger partial charge in [-0.1, -0.05) is 44.2 Å². The van der Waals surface area contributed by atoms with Gasteiger partial charge in [0, 0.05) is 13.0 Å². The molecule has 1 aliphatic rings. The molecule has 0 spiro atoms. The molecule has 1 fully saturated rings. The highest BCUT2D eigenvalue weighted by Crippen LogP contribution is 2.19. The van der Waals surface area contributed by atoms with Gasteiger partial charge in [0.15, 0.2) is 0 Å². The molecule has 23 nitrogen and oxygen atoms in total. The number of nitrogens with two attached hydrogens (primary N) is 1. The number of carboxylic acids is 3. The van der Waals surface area contributed by atoms with Crippen LogP contribution in [-0.2, 0) is 54.4 Å². The highest BCUT2D eigenvalue weighted by atomic mass is 16.4. The second-order valence-corrected chi connectivity index (χ2v) is 14.1. The molecule has 1 heterocycles. The van der Waals surface area contributed by atoms with Crippen LogP contribution in [0.15, 0.2) is 30.3 Å². The molecule has 326 valence electrons. The van der Waals surface area contributed by atoms with E-state index in [1.807, 2.05) is 5.32 Å². The molecule has 1 aromatic carbocycles. The number of aliphatic hydroxyl groups is 2. The Labute approximate surface area is 337 Å². The molecule has 23 heteroatoms. The molecule has 7 amide bonds. The summed E-state index contributed by atoms with van der Waals surface area (Å²) in [6, 6.07) is -2.41. The standard InChI is InChI=1S/C36H52N8O15/c1-18(2)11-21(39-27(47)15-38-31(53)25(17-46)43-34(56)23(13-28(48)49)40-30(52)20(37)16-45)32(54)41-22(12-19-7-4-3-5-8-19)33(55)42-24(14-29(50)51)35(57)44-10-6-9-26(44)36(58)59/h3-5,7-8,18,20-26,45-46H,6,9-17,37H2,1-2H3,(H,38,53)(H,39,47)(H,40,52)(H,41,54)(H,42,55)(H,43,56)(H,48,49)(H,50,51)(H,58,59)/t20-,21-,22-,23-,24-,25-,26-/m0/s1. The molecule has 0 aromatic heterocycles. The second-order valence-electron chi connectivity index (χ2n) is 14.1. The first-order chi connectivity index (χ1) is 27.8. The Morgan fingerprint density at radius 3 is 1.80 bits per heavy atom. The number of nitrogens with one attached hydrogen (secondary N) is 6. The first-order valence-electron chi connectivity index (χ1n) is 18.5. The maximum atomic E-state index is 13.8. The number of likely N-dealkylation sites (tertiary alicyclic amines) is 1. The summed E-state index contributed by atoms with van der Waals surface area (Å²) in [7, 11) is 0. The predicted molar refractivity (Wildman–Crippen MR) is 201 cm³/mol. The summed E-state index contributed by atoms with van der Waals surface area (Å²) in [6.07, 6.45) is -1.54. The maximum absolute atomic E-state index is 13.8. The third kappa shape index (κ3) is 16.3. The van der Waals surface area contributed by atoms with Crippen molar-refractivity contribution in [2.24, 2.45) is 11.7 Å². The predicted octanol–water partition coefficient (Wildman–Crippen LogP) is -4.85. The molecule has 0 saturated carbocycles. The molecule has 0 aliphatic carbocycles. The number of nitrogens with zero attached hydrogens (tertiary/aromatic N) is 1. The van der Waals surface area contributed by atoms with Crippen LogP contribution in [-0.4, -0.2) is 158 Å². The highest BCUT2D eigenvalue weighted by molar-refractivity contribution is 5.98. The zero-order valence-electron chi connectivity index (χ0n) is 32.4. The maximum Gasteiger partial charge on any atom is 0.326 e. The van der Waals surface area contributed by atoms with Crippen molar-refractivity contribution < 1.29 is 73.5 Å². The second kappa shape index (κ2) is 23.9. The van der Waals surface area contributed by atoms with Crippen molar-refractivity contribution >= 4 is 59.3 Å². The van der Waals surface area contributed by atoms with Crippen LogP contribution < -0.4 is 37.6 Å². The van der Waals surface area contributed by atoms with Crippen molar-refractivity contribution in [2.45, 2.75) is 94.7 Å². The van der Waals surface area contributed by atoms with Gasteiger partial charge in [-0.2, -0.15) is 0 Å². The number of benzene rings is 1. The number of aliphatic carboxylic acids is 3. The van der Waals surface area contributed by atoms with Crippen LogP contribution in [0.1, 0.15) is 51.5 Å². The monoisotopic (exact) mass is 836 g/mol. The fourth-order valence-electron chi connectivity index (χ4n) is 5.92. The molecule has 1 saturated heterocycles. The quantitative estimate of drug-likeness (QED) is 0.0465. The van der Waals surface area contributed by atoms with Crippen molar-refractivity contribution in [3.8, 4) is 0 Å². The molecule has 1 aromatic rings. The summed E-state index contributed by atoms with van der Waals surface area (Å²) in [5.74, 6) is -11.7. The minimum atomic E-state index is -1.77. The SMILES string of the molecule is CC(C)C[C@H](NC(=O)CNC(=O)[C@H](CO)NC(=O)[C@H](CC(=O)O)NC(=O)[C@@H](N)CO)C(=O)N[C@@H](Cc1ccccc1)C(=O)N[C@@H](CC(=O)O)C(=O)N1CCC[C@H]1C(=O)O. The Kier molecular flexibility index (Phi) is 19.8. The van der Waals surface area contributed by atoms with Crippen molar-refractivity contribution in [1.82, 2.24) is 36.8 Å². The fraction of sp³-hybridized carbons (Fsp3) is 0.556. The highest BCUT2D eigenvalue weighted by Gasteiger charge is 2.39. The Morgan fingerprint density at radius 2 is 1.24 bits per heavy atom.